The van der Waals surface area contributed by atoms with Crippen LogP contribution >= 0.6 is 0 Å². The average molecular weight is 240 g/mol. The van der Waals surface area contributed by atoms with Gasteiger partial charge < -0.3 is 5.11 Å². The number of nitriles is 1. The summed E-state index contributed by atoms with van der Waals surface area (Å²) in [5, 5.41) is 17.7. The molecule has 0 bridgehead atoms. The predicted octanol–water partition coefficient (Wildman–Crippen LogP) is 2.97. The topological polar surface area (TPSA) is 56.9 Å². The fourth-order valence-corrected chi connectivity index (χ4v) is 1.38. The van der Waals surface area contributed by atoms with Crippen LogP contribution in [0.1, 0.15) is 16.8 Å². The van der Waals surface area contributed by atoms with E-state index in [9.17, 15) is 4.39 Å². The number of hydrogen-bond donors (Lipinski definition) is 1. The van der Waals surface area contributed by atoms with E-state index in [2.05, 4.69) is 4.98 Å². The highest BCUT2D eigenvalue weighted by Gasteiger charge is 1.99. The van der Waals surface area contributed by atoms with Gasteiger partial charge in [-0.1, -0.05) is 12.1 Å². The fourth-order valence-electron chi connectivity index (χ4n) is 1.38. The molecule has 0 atom stereocenters. The SMILES string of the molecule is N#Cc1ccc(/C=C/c2ccc(O)c(F)c2)nc1. The molecule has 0 aliphatic heterocycles. The Kier molecular flexibility index (Phi) is 3.35. The van der Waals surface area contributed by atoms with Gasteiger partial charge in [-0.3, -0.25) is 4.98 Å². The number of phenols is 1. The molecule has 0 aliphatic rings. The van der Waals surface area contributed by atoms with E-state index in [0.717, 1.165) is 0 Å². The highest BCUT2D eigenvalue weighted by atomic mass is 19.1. The molecule has 0 saturated carbocycles. The minimum Gasteiger partial charge on any atom is -0.505 e. The van der Waals surface area contributed by atoms with E-state index in [1.165, 1.54) is 18.3 Å². The van der Waals surface area contributed by atoms with Crippen molar-refractivity contribution in [2.24, 2.45) is 0 Å². The molecule has 0 amide bonds. The molecule has 4 heteroatoms. The van der Waals surface area contributed by atoms with Gasteiger partial charge in [0.05, 0.1) is 11.3 Å². The summed E-state index contributed by atoms with van der Waals surface area (Å²) in [4.78, 5) is 4.05. The van der Waals surface area contributed by atoms with E-state index in [1.54, 1.807) is 30.4 Å². The van der Waals surface area contributed by atoms with Crippen LogP contribution in [0.5, 0.6) is 5.75 Å². The zero-order valence-electron chi connectivity index (χ0n) is 9.34. The van der Waals surface area contributed by atoms with Gasteiger partial charge in [0.1, 0.15) is 6.07 Å². The number of aromatic hydroxyl groups is 1. The number of hydrogen-bond acceptors (Lipinski definition) is 3. The maximum absolute atomic E-state index is 13.1. The zero-order chi connectivity index (χ0) is 13.0. The quantitative estimate of drug-likeness (QED) is 0.877. The van der Waals surface area contributed by atoms with Gasteiger partial charge in [-0.25, -0.2) is 4.39 Å². The number of nitrogens with zero attached hydrogens (tertiary/aromatic N) is 2. The van der Waals surface area contributed by atoms with Crippen molar-refractivity contribution in [2.45, 2.75) is 0 Å². The first-order valence-corrected chi connectivity index (χ1v) is 5.22. The molecule has 1 N–H and O–H groups in total. The Balaban J connectivity index is 2.19. The summed E-state index contributed by atoms with van der Waals surface area (Å²) in [5.41, 5.74) is 1.78. The van der Waals surface area contributed by atoms with Crippen molar-refractivity contribution in [3.63, 3.8) is 0 Å². The van der Waals surface area contributed by atoms with Crippen molar-refractivity contribution in [1.29, 1.82) is 5.26 Å². The molecule has 0 spiro atoms. The Labute approximate surface area is 103 Å². The van der Waals surface area contributed by atoms with Crippen LogP contribution in [-0.4, -0.2) is 10.1 Å². The fraction of sp³-hybridized carbons (Fsp3) is 0. The third-order valence-corrected chi connectivity index (χ3v) is 2.33. The lowest BCUT2D eigenvalue weighted by Gasteiger charge is -1.97. The highest BCUT2D eigenvalue weighted by Crippen LogP contribution is 2.17. The Morgan fingerprint density at radius 1 is 1.22 bits per heavy atom. The van der Waals surface area contributed by atoms with Gasteiger partial charge in [0.25, 0.3) is 0 Å². The number of pyridine rings is 1. The van der Waals surface area contributed by atoms with Gasteiger partial charge in [0.15, 0.2) is 11.6 Å². The van der Waals surface area contributed by atoms with E-state index in [4.69, 9.17) is 10.4 Å². The molecule has 1 aromatic carbocycles. The van der Waals surface area contributed by atoms with Crippen molar-refractivity contribution in [2.75, 3.05) is 0 Å². The van der Waals surface area contributed by atoms with Gasteiger partial charge in [0, 0.05) is 6.20 Å². The van der Waals surface area contributed by atoms with Gasteiger partial charge in [-0.05, 0) is 35.9 Å². The minimum atomic E-state index is -0.662. The van der Waals surface area contributed by atoms with Crippen LogP contribution < -0.4 is 0 Å². The molecule has 0 aliphatic carbocycles. The van der Waals surface area contributed by atoms with Crippen LogP contribution in [-0.2, 0) is 0 Å². The van der Waals surface area contributed by atoms with E-state index in [0.29, 0.717) is 16.8 Å². The Morgan fingerprint density at radius 2 is 2.06 bits per heavy atom. The predicted molar refractivity (Wildman–Crippen MR) is 65.9 cm³/mol. The standard InChI is InChI=1S/C14H9FN2O/c15-13-7-10(3-6-14(13)18)1-4-12-5-2-11(8-16)9-17-12/h1-7,9,18H/b4-1+. The maximum Gasteiger partial charge on any atom is 0.165 e. The lowest BCUT2D eigenvalue weighted by atomic mass is 10.1. The molecular formula is C14H9FN2O. The highest BCUT2D eigenvalue weighted by molar-refractivity contribution is 5.68. The second kappa shape index (κ2) is 5.11. The Bertz CT molecular complexity index is 627. The van der Waals surface area contributed by atoms with E-state index < -0.39 is 5.82 Å². The number of benzene rings is 1. The Morgan fingerprint density at radius 3 is 2.67 bits per heavy atom. The molecule has 1 heterocycles. The smallest absolute Gasteiger partial charge is 0.165 e. The molecule has 2 rings (SSSR count). The van der Waals surface area contributed by atoms with Crippen LogP contribution in [0.3, 0.4) is 0 Å². The van der Waals surface area contributed by atoms with Crippen molar-refractivity contribution >= 4 is 12.2 Å². The zero-order valence-corrected chi connectivity index (χ0v) is 9.34. The van der Waals surface area contributed by atoms with Crippen LogP contribution in [0, 0.1) is 17.1 Å². The molecular weight excluding hydrogens is 231 g/mol. The first-order valence-electron chi connectivity index (χ1n) is 5.22. The number of phenolic OH excluding ortho intramolecular Hbond substituents is 1. The molecule has 0 radical (unpaired) electrons. The number of rotatable bonds is 2. The molecule has 18 heavy (non-hydrogen) atoms. The second-order valence-corrected chi connectivity index (χ2v) is 3.63. The van der Waals surface area contributed by atoms with Crippen molar-refractivity contribution in [3.8, 4) is 11.8 Å². The monoisotopic (exact) mass is 240 g/mol. The summed E-state index contributed by atoms with van der Waals surface area (Å²) in [6.45, 7) is 0. The molecule has 1 aromatic heterocycles. The van der Waals surface area contributed by atoms with Crippen LogP contribution in [0.25, 0.3) is 12.2 Å². The van der Waals surface area contributed by atoms with Crippen LogP contribution in [0.2, 0.25) is 0 Å². The lowest BCUT2D eigenvalue weighted by molar-refractivity contribution is 0.432. The molecule has 0 unspecified atom stereocenters. The molecule has 0 saturated heterocycles. The van der Waals surface area contributed by atoms with Crippen LogP contribution in [0.15, 0.2) is 36.5 Å². The third kappa shape index (κ3) is 2.71. The first-order chi connectivity index (χ1) is 8.69. The molecule has 88 valence electrons. The first kappa shape index (κ1) is 11.8. The Hall–Kier alpha value is -2.67. The third-order valence-electron chi connectivity index (χ3n) is 2.33. The van der Waals surface area contributed by atoms with E-state index >= 15 is 0 Å². The maximum atomic E-state index is 13.1. The summed E-state index contributed by atoms with van der Waals surface area (Å²) in [5.74, 6) is -1.03. The molecule has 0 fully saturated rings. The van der Waals surface area contributed by atoms with Gasteiger partial charge >= 0.3 is 0 Å². The van der Waals surface area contributed by atoms with Crippen molar-refractivity contribution in [1.82, 2.24) is 4.98 Å². The second-order valence-electron chi connectivity index (χ2n) is 3.63. The van der Waals surface area contributed by atoms with Gasteiger partial charge in [-0.15, -0.1) is 0 Å². The molecule has 3 nitrogen and oxygen atoms in total. The largest absolute Gasteiger partial charge is 0.505 e. The van der Waals surface area contributed by atoms with Crippen molar-refractivity contribution < 1.29 is 9.50 Å². The number of halogens is 1. The van der Waals surface area contributed by atoms with E-state index in [1.807, 2.05) is 6.07 Å². The van der Waals surface area contributed by atoms with Gasteiger partial charge in [-0.2, -0.15) is 5.26 Å². The summed E-state index contributed by atoms with van der Waals surface area (Å²) in [6, 6.07) is 9.46. The summed E-state index contributed by atoms with van der Waals surface area (Å²) in [7, 11) is 0. The van der Waals surface area contributed by atoms with Crippen molar-refractivity contribution in [3.05, 3.63) is 59.2 Å². The minimum absolute atomic E-state index is 0.372. The van der Waals surface area contributed by atoms with Gasteiger partial charge in [0.2, 0.25) is 0 Å². The number of aromatic nitrogens is 1. The normalized spacial score (nSPS) is 10.4. The molecule has 2 aromatic rings. The average Bonchev–Trinajstić information content (AvgIpc) is 2.41. The summed E-state index contributed by atoms with van der Waals surface area (Å²) in [6.07, 6.45) is 4.85. The summed E-state index contributed by atoms with van der Waals surface area (Å²) >= 11 is 0. The lowest BCUT2D eigenvalue weighted by Crippen LogP contribution is -1.82. The van der Waals surface area contributed by atoms with E-state index in [-0.39, 0.29) is 5.75 Å². The summed E-state index contributed by atoms with van der Waals surface area (Å²) < 4.78 is 13.1. The van der Waals surface area contributed by atoms with Crippen LogP contribution in [0.4, 0.5) is 4.39 Å².